The first-order chi connectivity index (χ1) is 12.5. The van der Waals surface area contributed by atoms with Crippen molar-refractivity contribution in [2.45, 2.75) is 13.8 Å². The Morgan fingerprint density at radius 2 is 0.778 bits per heavy atom. The molecule has 0 aliphatic carbocycles. The zero-order valence-electron chi connectivity index (χ0n) is 15.6. The molecule has 11 heteroatoms. The van der Waals surface area contributed by atoms with Crippen LogP contribution in [0.4, 0.5) is 0 Å². The summed E-state index contributed by atoms with van der Waals surface area (Å²) in [7, 11) is 0. The molecule has 11 nitrogen and oxygen atoms in total. The van der Waals surface area contributed by atoms with Gasteiger partial charge in [0.2, 0.25) is 0 Å². The largest absolute Gasteiger partial charge is 0.480 e. The molecule has 0 aromatic heterocycles. The van der Waals surface area contributed by atoms with Crippen LogP contribution in [-0.4, -0.2) is 118 Å². The van der Waals surface area contributed by atoms with E-state index < -0.39 is 17.9 Å². The van der Waals surface area contributed by atoms with Crippen LogP contribution in [0.25, 0.3) is 0 Å². The van der Waals surface area contributed by atoms with Crippen molar-refractivity contribution >= 4 is 29.5 Å². The van der Waals surface area contributed by atoms with E-state index in [4.69, 9.17) is 15.3 Å². The van der Waals surface area contributed by atoms with Crippen molar-refractivity contribution in [3.05, 3.63) is 0 Å². The minimum atomic E-state index is -1.10. The van der Waals surface area contributed by atoms with E-state index in [0.717, 1.165) is 0 Å². The number of ketones is 2. The Labute approximate surface area is 157 Å². The number of carbonyl (C=O) groups excluding carboxylic acids is 2. The van der Waals surface area contributed by atoms with Gasteiger partial charge in [0.1, 0.15) is 11.6 Å². The Kier molecular flexibility index (Phi) is 11.8. The lowest BCUT2D eigenvalue weighted by atomic mass is 10.3. The van der Waals surface area contributed by atoms with Crippen molar-refractivity contribution < 1.29 is 39.3 Å². The van der Waals surface area contributed by atoms with Gasteiger partial charge in [-0.3, -0.25) is 38.7 Å². The number of hydrogen-bond donors (Lipinski definition) is 3. The highest BCUT2D eigenvalue weighted by molar-refractivity contribution is 5.79. The summed E-state index contributed by atoms with van der Waals surface area (Å²) >= 11 is 0. The van der Waals surface area contributed by atoms with Gasteiger partial charge >= 0.3 is 17.9 Å². The predicted molar refractivity (Wildman–Crippen MR) is 93.6 cm³/mol. The molecule has 0 heterocycles. The number of Topliss-reactive ketones (excluding diaryl/α,β-unsaturated/α-hetero) is 2. The first-order valence-corrected chi connectivity index (χ1v) is 8.31. The fourth-order valence-electron chi connectivity index (χ4n) is 2.47. The molecule has 0 rings (SSSR count). The summed E-state index contributed by atoms with van der Waals surface area (Å²) in [5.41, 5.74) is 0. The molecule has 0 spiro atoms. The van der Waals surface area contributed by atoms with E-state index in [2.05, 4.69) is 0 Å². The summed E-state index contributed by atoms with van der Waals surface area (Å²) in [6, 6.07) is 0. The summed E-state index contributed by atoms with van der Waals surface area (Å²) in [5.74, 6) is -3.72. The Morgan fingerprint density at radius 3 is 1.04 bits per heavy atom. The predicted octanol–water partition coefficient (Wildman–Crippen LogP) is -1.68. The van der Waals surface area contributed by atoms with Crippen LogP contribution in [0.5, 0.6) is 0 Å². The molecular weight excluding hydrogens is 362 g/mol. The van der Waals surface area contributed by atoms with Crippen LogP contribution in [0.15, 0.2) is 0 Å². The molecule has 3 N–H and O–H groups in total. The number of rotatable bonds is 16. The van der Waals surface area contributed by atoms with Crippen LogP contribution >= 0.6 is 0 Å². The maximum absolute atomic E-state index is 11.2. The van der Waals surface area contributed by atoms with Gasteiger partial charge in [0.15, 0.2) is 0 Å². The molecular formula is C16H27N3O8. The van der Waals surface area contributed by atoms with Crippen molar-refractivity contribution in [1.29, 1.82) is 0 Å². The highest BCUT2D eigenvalue weighted by atomic mass is 16.4. The highest BCUT2D eigenvalue weighted by Gasteiger charge is 2.18. The van der Waals surface area contributed by atoms with Crippen molar-refractivity contribution in [1.82, 2.24) is 14.7 Å². The van der Waals surface area contributed by atoms with Crippen LogP contribution in [-0.2, 0) is 24.0 Å². The molecule has 0 atom stereocenters. The molecule has 27 heavy (non-hydrogen) atoms. The van der Waals surface area contributed by atoms with E-state index in [1.165, 1.54) is 28.5 Å². The van der Waals surface area contributed by atoms with Crippen molar-refractivity contribution in [3.8, 4) is 0 Å². The first-order valence-electron chi connectivity index (χ1n) is 8.31. The summed E-state index contributed by atoms with van der Waals surface area (Å²) in [6.07, 6.45) is 0. The Balaban J connectivity index is 4.85. The zero-order valence-corrected chi connectivity index (χ0v) is 15.6. The van der Waals surface area contributed by atoms with Gasteiger partial charge in [-0.2, -0.15) is 0 Å². The second-order valence-electron chi connectivity index (χ2n) is 6.28. The summed E-state index contributed by atoms with van der Waals surface area (Å²) < 4.78 is 0. The van der Waals surface area contributed by atoms with Gasteiger partial charge in [-0.25, -0.2) is 0 Å². The third kappa shape index (κ3) is 14.5. The number of carboxylic acids is 3. The number of aliphatic carboxylic acids is 3. The van der Waals surface area contributed by atoms with Gasteiger partial charge in [-0.1, -0.05) is 0 Å². The topological polar surface area (TPSA) is 156 Å². The first kappa shape index (κ1) is 24.6. The number of hydrogen-bond acceptors (Lipinski definition) is 8. The average Bonchev–Trinajstić information content (AvgIpc) is 2.46. The van der Waals surface area contributed by atoms with Crippen LogP contribution in [0.3, 0.4) is 0 Å². The minimum Gasteiger partial charge on any atom is -0.480 e. The molecule has 0 aromatic rings. The van der Waals surface area contributed by atoms with Crippen molar-refractivity contribution in [3.63, 3.8) is 0 Å². The van der Waals surface area contributed by atoms with Gasteiger partial charge in [-0.05, 0) is 13.8 Å². The molecule has 0 bridgehead atoms. The number of carboxylic acid groups (broad SMARTS) is 3. The van der Waals surface area contributed by atoms with Crippen LogP contribution in [0.2, 0.25) is 0 Å². The van der Waals surface area contributed by atoms with Crippen LogP contribution in [0.1, 0.15) is 13.8 Å². The smallest absolute Gasteiger partial charge is 0.317 e. The van der Waals surface area contributed by atoms with Crippen LogP contribution < -0.4 is 0 Å². The second-order valence-corrected chi connectivity index (χ2v) is 6.28. The molecule has 0 aliphatic rings. The third-order valence-electron chi connectivity index (χ3n) is 3.43. The van der Waals surface area contributed by atoms with E-state index in [1.54, 1.807) is 0 Å². The van der Waals surface area contributed by atoms with Gasteiger partial charge in [-0.15, -0.1) is 0 Å². The lowest BCUT2D eigenvalue weighted by Gasteiger charge is -2.27. The number of carbonyl (C=O) groups is 5. The maximum Gasteiger partial charge on any atom is 0.317 e. The van der Waals surface area contributed by atoms with E-state index in [-0.39, 0.29) is 70.5 Å². The Morgan fingerprint density at radius 1 is 0.519 bits per heavy atom. The molecule has 0 saturated heterocycles. The van der Waals surface area contributed by atoms with Gasteiger partial charge in [0.05, 0.1) is 32.7 Å². The Bertz CT molecular complexity index is 480. The lowest BCUT2D eigenvalue weighted by Crippen LogP contribution is -2.45. The van der Waals surface area contributed by atoms with E-state index in [1.807, 2.05) is 0 Å². The van der Waals surface area contributed by atoms with E-state index >= 15 is 0 Å². The van der Waals surface area contributed by atoms with Gasteiger partial charge in [0, 0.05) is 26.2 Å². The Hall–Kier alpha value is -2.37. The second kappa shape index (κ2) is 12.9. The quantitative estimate of drug-likeness (QED) is 0.277. The van der Waals surface area contributed by atoms with Crippen LogP contribution in [0, 0.1) is 0 Å². The van der Waals surface area contributed by atoms with Gasteiger partial charge < -0.3 is 15.3 Å². The average molecular weight is 389 g/mol. The molecule has 0 radical (unpaired) electrons. The molecule has 0 unspecified atom stereocenters. The molecule has 154 valence electrons. The van der Waals surface area contributed by atoms with Gasteiger partial charge in [0.25, 0.3) is 0 Å². The van der Waals surface area contributed by atoms with E-state index in [0.29, 0.717) is 0 Å². The monoisotopic (exact) mass is 389 g/mol. The zero-order chi connectivity index (χ0) is 21.0. The molecule has 0 aliphatic heterocycles. The summed E-state index contributed by atoms with van der Waals surface area (Å²) in [6.45, 7) is 2.15. The third-order valence-corrected chi connectivity index (χ3v) is 3.43. The maximum atomic E-state index is 11.2. The molecule has 0 aromatic carbocycles. The fourth-order valence-corrected chi connectivity index (χ4v) is 2.47. The number of nitrogens with zero attached hydrogens (tertiary/aromatic N) is 3. The van der Waals surface area contributed by atoms with Crippen molar-refractivity contribution in [2.75, 3.05) is 58.9 Å². The highest BCUT2D eigenvalue weighted by Crippen LogP contribution is 1.97. The standard InChI is InChI=1S/C16H27N3O8/c1-12(20)7-18(10-15(24)25)5-3-17(9-14(22)23)4-6-19(8-13(2)21)11-16(26)27/h3-11H2,1-2H3,(H,22,23)(H,24,25)(H,26,27). The van der Waals surface area contributed by atoms with Crippen molar-refractivity contribution in [2.24, 2.45) is 0 Å². The van der Waals surface area contributed by atoms with E-state index in [9.17, 15) is 24.0 Å². The molecule has 0 fully saturated rings. The lowest BCUT2D eigenvalue weighted by molar-refractivity contribution is -0.140. The minimum absolute atomic E-state index is 0.0668. The SMILES string of the molecule is CC(=O)CN(CCN(CCN(CC(C)=O)CC(=O)O)CC(=O)O)CC(=O)O. The normalized spacial score (nSPS) is 11.1. The summed E-state index contributed by atoms with van der Waals surface area (Å²) in [4.78, 5) is 59.6. The summed E-state index contributed by atoms with van der Waals surface area (Å²) in [5, 5.41) is 26.8. The molecule has 0 saturated carbocycles. The molecule has 0 amide bonds. The fraction of sp³-hybridized carbons (Fsp3) is 0.688.